The molecule has 0 spiro atoms. The van der Waals surface area contributed by atoms with Crippen molar-refractivity contribution < 1.29 is 4.74 Å². The van der Waals surface area contributed by atoms with Crippen LogP contribution in [0.3, 0.4) is 0 Å². The SMILES string of the molecule is CC1(C)CN(C2CCCC2CN)CCO1. The monoisotopic (exact) mass is 212 g/mol. The summed E-state index contributed by atoms with van der Waals surface area (Å²) in [5.41, 5.74) is 5.87. The smallest absolute Gasteiger partial charge is 0.0753 e. The van der Waals surface area contributed by atoms with Gasteiger partial charge in [-0.1, -0.05) is 6.42 Å². The summed E-state index contributed by atoms with van der Waals surface area (Å²) in [5, 5.41) is 0. The van der Waals surface area contributed by atoms with E-state index in [1.807, 2.05) is 0 Å². The summed E-state index contributed by atoms with van der Waals surface area (Å²) in [6, 6.07) is 0.721. The Kier molecular flexibility index (Phi) is 3.33. The van der Waals surface area contributed by atoms with Crippen LogP contribution in [0.15, 0.2) is 0 Å². The molecule has 2 unspecified atom stereocenters. The lowest BCUT2D eigenvalue weighted by molar-refractivity contribution is -0.100. The van der Waals surface area contributed by atoms with Gasteiger partial charge in [-0.3, -0.25) is 4.90 Å². The minimum absolute atomic E-state index is 0.0278. The highest BCUT2D eigenvalue weighted by Gasteiger charge is 2.36. The van der Waals surface area contributed by atoms with Gasteiger partial charge in [0.05, 0.1) is 12.2 Å². The normalized spacial score (nSPS) is 37.0. The topological polar surface area (TPSA) is 38.5 Å². The average Bonchev–Trinajstić information content (AvgIpc) is 2.63. The van der Waals surface area contributed by atoms with E-state index in [-0.39, 0.29) is 5.60 Å². The van der Waals surface area contributed by atoms with Crippen molar-refractivity contribution in [3.8, 4) is 0 Å². The number of hydrogen-bond donors (Lipinski definition) is 1. The van der Waals surface area contributed by atoms with Crippen molar-refractivity contribution in [2.75, 3.05) is 26.2 Å². The third-order valence-electron chi connectivity index (χ3n) is 3.85. The van der Waals surface area contributed by atoms with Crippen LogP contribution in [0.4, 0.5) is 0 Å². The minimum atomic E-state index is 0.0278. The summed E-state index contributed by atoms with van der Waals surface area (Å²) in [6.07, 6.45) is 4.00. The van der Waals surface area contributed by atoms with Gasteiger partial charge >= 0.3 is 0 Å². The molecule has 1 heterocycles. The van der Waals surface area contributed by atoms with Gasteiger partial charge in [0.15, 0.2) is 0 Å². The van der Waals surface area contributed by atoms with Crippen LogP contribution in [0.5, 0.6) is 0 Å². The van der Waals surface area contributed by atoms with Crippen LogP contribution in [0, 0.1) is 5.92 Å². The molecule has 88 valence electrons. The standard InChI is InChI=1S/C12H24N2O/c1-12(2)9-14(6-7-15-12)11-5-3-4-10(11)8-13/h10-11H,3-9,13H2,1-2H3. The van der Waals surface area contributed by atoms with Crippen LogP contribution in [-0.2, 0) is 4.74 Å². The summed E-state index contributed by atoms with van der Waals surface area (Å²) < 4.78 is 5.75. The van der Waals surface area contributed by atoms with Crippen molar-refractivity contribution in [1.82, 2.24) is 4.90 Å². The zero-order chi connectivity index (χ0) is 10.9. The lowest BCUT2D eigenvalue weighted by Gasteiger charge is -2.42. The van der Waals surface area contributed by atoms with Crippen molar-refractivity contribution >= 4 is 0 Å². The Bertz CT molecular complexity index is 218. The molecule has 3 nitrogen and oxygen atoms in total. The molecule has 15 heavy (non-hydrogen) atoms. The van der Waals surface area contributed by atoms with Crippen LogP contribution >= 0.6 is 0 Å². The third kappa shape index (κ3) is 2.52. The van der Waals surface area contributed by atoms with Crippen molar-refractivity contribution in [2.45, 2.75) is 44.8 Å². The van der Waals surface area contributed by atoms with Crippen LogP contribution in [0.2, 0.25) is 0 Å². The molecule has 0 aromatic carbocycles. The minimum Gasteiger partial charge on any atom is -0.373 e. The van der Waals surface area contributed by atoms with Gasteiger partial charge < -0.3 is 10.5 Å². The summed E-state index contributed by atoms with van der Waals surface area (Å²) in [4.78, 5) is 2.61. The molecule has 0 bridgehead atoms. The second-order valence-corrected chi connectivity index (χ2v) is 5.57. The van der Waals surface area contributed by atoms with E-state index >= 15 is 0 Å². The number of hydrogen-bond acceptors (Lipinski definition) is 3. The quantitative estimate of drug-likeness (QED) is 0.748. The van der Waals surface area contributed by atoms with E-state index in [4.69, 9.17) is 10.5 Å². The van der Waals surface area contributed by atoms with E-state index in [9.17, 15) is 0 Å². The average molecular weight is 212 g/mol. The molecule has 2 N–H and O–H groups in total. The second kappa shape index (κ2) is 4.40. The first-order chi connectivity index (χ1) is 7.12. The predicted molar refractivity (Wildman–Crippen MR) is 61.8 cm³/mol. The highest BCUT2D eigenvalue weighted by molar-refractivity contribution is 4.90. The number of rotatable bonds is 2. The molecule has 1 aliphatic heterocycles. The van der Waals surface area contributed by atoms with E-state index in [1.54, 1.807) is 0 Å². The number of morpholine rings is 1. The first kappa shape index (κ1) is 11.4. The molecule has 2 fully saturated rings. The van der Waals surface area contributed by atoms with Gasteiger partial charge in [-0.15, -0.1) is 0 Å². The van der Waals surface area contributed by atoms with Gasteiger partial charge in [0, 0.05) is 19.1 Å². The van der Waals surface area contributed by atoms with Crippen molar-refractivity contribution in [2.24, 2.45) is 11.7 Å². The molecule has 1 aliphatic carbocycles. The van der Waals surface area contributed by atoms with Gasteiger partial charge in [0.25, 0.3) is 0 Å². The van der Waals surface area contributed by atoms with Gasteiger partial charge in [0.1, 0.15) is 0 Å². The van der Waals surface area contributed by atoms with Gasteiger partial charge in [-0.2, -0.15) is 0 Å². The van der Waals surface area contributed by atoms with Gasteiger partial charge in [-0.25, -0.2) is 0 Å². The predicted octanol–water partition coefficient (Wildman–Crippen LogP) is 1.22. The highest BCUT2D eigenvalue weighted by atomic mass is 16.5. The second-order valence-electron chi connectivity index (χ2n) is 5.57. The molecule has 1 saturated carbocycles. The molecule has 1 saturated heterocycles. The molecular weight excluding hydrogens is 188 g/mol. The highest BCUT2D eigenvalue weighted by Crippen LogP contribution is 2.31. The largest absolute Gasteiger partial charge is 0.373 e. The summed E-state index contributed by atoms with van der Waals surface area (Å²) >= 11 is 0. The lowest BCUT2D eigenvalue weighted by Crippen LogP contribution is -2.53. The first-order valence-corrected chi connectivity index (χ1v) is 6.20. The van der Waals surface area contributed by atoms with Crippen LogP contribution in [0.25, 0.3) is 0 Å². The Hall–Kier alpha value is -0.120. The number of nitrogens with two attached hydrogens (primary N) is 1. The fourth-order valence-electron chi connectivity index (χ4n) is 3.11. The molecule has 3 heteroatoms. The van der Waals surface area contributed by atoms with Gasteiger partial charge in [-0.05, 0) is 39.2 Å². The van der Waals surface area contributed by atoms with E-state index in [2.05, 4.69) is 18.7 Å². The lowest BCUT2D eigenvalue weighted by atomic mass is 9.99. The number of ether oxygens (including phenoxy) is 1. The first-order valence-electron chi connectivity index (χ1n) is 6.20. The Morgan fingerprint density at radius 3 is 2.87 bits per heavy atom. The van der Waals surface area contributed by atoms with E-state index in [0.717, 1.165) is 38.2 Å². The fraction of sp³-hybridized carbons (Fsp3) is 1.00. The molecule has 0 amide bonds. The Morgan fingerprint density at radius 1 is 1.40 bits per heavy atom. The van der Waals surface area contributed by atoms with Gasteiger partial charge in [0.2, 0.25) is 0 Å². The van der Waals surface area contributed by atoms with Crippen molar-refractivity contribution in [3.63, 3.8) is 0 Å². The maximum absolute atomic E-state index is 5.84. The van der Waals surface area contributed by atoms with Crippen molar-refractivity contribution in [3.05, 3.63) is 0 Å². The summed E-state index contributed by atoms with van der Waals surface area (Å²) in [6.45, 7) is 8.25. The molecular formula is C12H24N2O. The van der Waals surface area contributed by atoms with E-state index in [1.165, 1.54) is 19.3 Å². The third-order valence-corrected chi connectivity index (χ3v) is 3.85. The fourth-order valence-corrected chi connectivity index (χ4v) is 3.11. The van der Waals surface area contributed by atoms with Crippen LogP contribution < -0.4 is 5.73 Å². The van der Waals surface area contributed by atoms with Crippen LogP contribution in [0.1, 0.15) is 33.1 Å². The van der Waals surface area contributed by atoms with E-state index < -0.39 is 0 Å². The van der Waals surface area contributed by atoms with Crippen LogP contribution in [-0.4, -0.2) is 42.8 Å². The maximum Gasteiger partial charge on any atom is 0.0753 e. The summed E-state index contributed by atoms with van der Waals surface area (Å²) in [5.74, 6) is 0.721. The zero-order valence-corrected chi connectivity index (χ0v) is 10.0. The molecule has 2 aliphatic rings. The Morgan fingerprint density at radius 2 is 2.20 bits per heavy atom. The Balaban J connectivity index is 1.97. The van der Waals surface area contributed by atoms with Crippen molar-refractivity contribution in [1.29, 1.82) is 0 Å². The summed E-state index contributed by atoms with van der Waals surface area (Å²) in [7, 11) is 0. The molecule has 0 radical (unpaired) electrons. The zero-order valence-electron chi connectivity index (χ0n) is 10.0. The molecule has 2 rings (SSSR count). The Labute approximate surface area is 93.0 Å². The molecule has 0 aromatic rings. The van der Waals surface area contributed by atoms with E-state index in [0.29, 0.717) is 0 Å². The molecule has 2 atom stereocenters. The number of nitrogens with zero attached hydrogens (tertiary/aromatic N) is 1. The maximum atomic E-state index is 5.84. The molecule has 0 aromatic heterocycles.